The van der Waals surface area contributed by atoms with Gasteiger partial charge in [-0.3, -0.25) is 0 Å². The number of nitrogens with two attached hydrogens (primary N) is 1. The summed E-state index contributed by atoms with van der Waals surface area (Å²) in [6.45, 7) is 2.44. The van der Waals surface area contributed by atoms with Gasteiger partial charge in [0.15, 0.2) is 0 Å². The molecule has 0 bridgehead atoms. The Morgan fingerprint density at radius 1 is 1.00 bits per heavy atom. The van der Waals surface area contributed by atoms with Crippen LogP contribution in [0.15, 0.2) is 0 Å². The van der Waals surface area contributed by atoms with Gasteiger partial charge in [-0.05, 0) is 13.0 Å². The summed E-state index contributed by atoms with van der Waals surface area (Å²) in [5, 5.41) is 3.21. The van der Waals surface area contributed by atoms with E-state index in [-0.39, 0.29) is 93.0 Å². The van der Waals surface area contributed by atoms with E-state index in [2.05, 4.69) is 5.32 Å². The van der Waals surface area contributed by atoms with Crippen molar-refractivity contribution in [3.8, 4) is 0 Å². The Morgan fingerprint density at radius 3 is 1.82 bits per heavy atom. The maximum absolute atomic E-state index is 5.35. The van der Waals surface area contributed by atoms with Crippen molar-refractivity contribution in [1.82, 2.24) is 5.32 Å². The molecule has 0 unspecified atom stereocenters. The third-order valence-corrected chi connectivity index (χ3v) is 4.92. The topological polar surface area (TPSA) is 65.7 Å². The molecule has 0 aromatic heterocycles. The van der Waals surface area contributed by atoms with Crippen LogP contribution < -0.4 is 99.7 Å². The van der Waals surface area contributed by atoms with Crippen molar-refractivity contribution in [3.05, 3.63) is 0 Å². The molecule has 5 nitrogen and oxygen atoms in total. The zero-order chi connectivity index (χ0) is 10.9. The minimum Gasteiger partial charge on any atom is -1.00 e. The first-order valence-electron chi connectivity index (χ1n) is 4.81. The van der Waals surface area contributed by atoms with Crippen LogP contribution in [0.2, 0.25) is 6.04 Å². The zero-order valence-electron chi connectivity index (χ0n) is 15.3. The van der Waals surface area contributed by atoms with E-state index in [1.807, 2.05) is 0 Å². The average Bonchev–Trinajstić information content (AvgIpc) is 2.24. The monoisotopic (exact) mass is 294 g/mol. The predicted octanol–water partition coefficient (Wildman–Crippen LogP) is -8.85. The van der Waals surface area contributed by atoms with Crippen molar-refractivity contribution in [2.24, 2.45) is 5.73 Å². The Labute approximate surface area is 177 Å². The summed E-state index contributed by atoms with van der Waals surface area (Å²) in [5.41, 5.74) is 5.35. The minimum atomic E-state index is -2.35. The summed E-state index contributed by atoms with van der Waals surface area (Å²) in [4.78, 5) is 0. The molecule has 3 N–H and O–H groups in total. The van der Waals surface area contributed by atoms with Crippen LogP contribution in [0.4, 0.5) is 0 Å². The quantitative estimate of drug-likeness (QED) is 0.327. The van der Waals surface area contributed by atoms with E-state index in [0.29, 0.717) is 6.54 Å². The normalized spacial score (nSPS) is 9.88. The average molecular weight is 294 g/mol. The zero-order valence-corrected chi connectivity index (χ0v) is 19.3. The molecule has 0 rings (SSSR count). The van der Waals surface area contributed by atoms with Gasteiger partial charge in [0.25, 0.3) is 0 Å². The predicted molar refractivity (Wildman–Crippen MR) is 61.5 cm³/mol. The van der Waals surface area contributed by atoms with Crippen molar-refractivity contribution in [3.63, 3.8) is 0 Å². The smallest absolute Gasteiger partial charge is 1.00 e. The summed E-state index contributed by atoms with van der Waals surface area (Å²) in [5.74, 6) is 0. The molecule has 0 atom stereocenters. The minimum absolute atomic E-state index is 0. The second-order valence-corrected chi connectivity index (χ2v) is 6.03. The van der Waals surface area contributed by atoms with Crippen molar-refractivity contribution in [2.75, 3.05) is 41.0 Å². The summed E-state index contributed by atoms with van der Waals surface area (Å²) in [6, 6.07) is 0.827. The second-order valence-electron chi connectivity index (χ2n) is 2.94. The van der Waals surface area contributed by atoms with Crippen molar-refractivity contribution in [2.45, 2.75) is 12.5 Å². The Morgan fingerprint density at radius 2 is 1.47 bits per heavy atom. The molecule has 0 aromatic carbocycles. The molecule has 0 aliphatic rings. The molecule has 0 amide bonds. The molecule has 0 aliphatic heterocycles. The molecule has 0 heterocycles. The molecule has 0 aromatic rings. The summed E-state index contributed by atoms with van der Waals surface area (Å²) < 4.78 is 15.9. The summed E-state index contributed by atoms with van der Waals surface area (Å²) in [7, 11) is 2.55. The number of rotatable bonds is 9. The molecule has 17 heavy (non-hydrogen) atoms. The molecule has 9 heteroatoms. The third kappa shape index (κ3) is 13.7. The van der Waals surface area contributed by atoms with Crippen molar-refractivity contribution < 1.29 is 106 Å². The van der Waals surface area contributed by atoms with E-state index in [4.69, 9.17) is 19.0 Å². The van der Waals surface area contributed by atoms with Crippen LogP contribution in [-0.2, 0) is 13.3 Å². The first-order chi connectivity index (χ1) is 6.74. The van der Waals surface area contributed by atoms with Crippen LogP contribution in [-0.4, -0.2) is 49.8 Å². The fourth-order valence-corrected chi connectivity index (χ4v) is 2.94. The maximum Gasteiger partial charge on any atom is 1.00 e. The molecule has 0 spiro atoms. The largest absolute Gasteiger partial charge is 1.00 e. The van der Waals surface area contributed by atoms with E-state index in [9.17, 15) is 0 Å². The van der Waals surface area contributed by atoms with E-state index >= 15 is 0 Å². The van der Waals surface area contributed by atoms with Gasteiger partial charge in [-0.15, -0.1) is 0 Å². The molecule has 0 radical (unpaired) electrons. The van der Waals surface area contributed by atoms with Crippen LogP contribution >= 0.6 is 0 Å². The second kappa shape index (κ2) is 19.0. The SMILES string of the molecule is CO[Si](CCCNCCN)(OC)OC.[H-].[H-].[H-].[Na+].[Na+].[Na+]. The number of hydrogen-bond donors (Lipinski definition) is 2. The van der Waals surface area contributed by atoms with Gasteiger partial charge in [0, 0.05) is 40.5 Å². The number of hydrogen-bond acceptors (Lipinski definition) is 5. The van der Waals surface area contributed by atoms with Crippen LogP contribution in [0.3, 0.4) is 0 Å². The molecule has 92 valence electrons. The maximum atomic E-state index is 5.35. The van der Waals surface area contributed by atoms with Crippen LogP contribution in [0, 0.1) is 0 Å². The molecular formula is C8H25N2Na3O3Si. The van der Waals surface area contributed by atoms with E-state index in [0.717, 1.165) is 25.6 Å². The molecule has 0 fully saturated rings. The summed E-state index contributed by atoms with van der Waals surface area (Å²) >= 11 is 0. The molecule has 0 aliphatic carbocycles. The Balaban J connectivity index is -0.0000000563. The Bertz CT molecular complexity index is 149. The third-order valence-electron chi connectivity index (χ3n) is 2.09. The van der Waals surface area contributed by atoms with Gasteiger partial charge in [0.1, 0.15) is 0 Å². The van der Waals surface area contributed by atoms with Gasteiger partial charge >= 0.3 is 97.5 Å². The van der Waals surface area contributed by atoms with Crippen LogP contribution in [0.5, 0.6) is 0 Å². The first kappa shape index (κ1) is 28.2. The van der Waals surface area contributed by atoms with Crippen LogP contribution in [0.1, 0.15) is 10.7 Å². The molecule has 0 saturated heterocycles. The Hall–Kier alpha value is 3.02. The van der Waals surface area contributed by atoms with Gasteiger partial charge in [-0.1, -0.05) is 0 Å². The fraction of sp³-hybridized carbons (Fsp3) is 1.00. The number of nitrogens with one attached hydrogen (secondary N) is 1. The standard InChI is InChI=1S/C8H22N2O3Si.3Na.3H/c1-11-14(12-2,13-3)8-4-6-10-7-5-9;;;;;;/h10H,4-9H2,1-3H3;;;;;;/q;3*+1;3*-1. The van der Waals surface area contributed by atoms with E-state index in [1.54, 1.807) is 21.3 Å². The van der Waals surface area contributed by atoms with Gasteiger partial charge in [0.2, 0.25) is 0 Å². The fourth-order valence-electron chi connectivity index (χ4n) is 1.21. The van der Waals surface area contributed by atoms with E-state index in [1.165, 1.54) is 0 Å². The van der Waals surface area contributed by atoms with Crippen molar-refractivity contribution in [1.29, 1.82) is 0 Å². The van der Waals surface area contributed by atoms with Gasteiger partial charge in [-0.25, -0.2) is 0 Å². The summed E-state index contributed by atoms with van der Waals surface area (Å²) in [6.07, 6.45) is 0.974. The van der Waals surface area contributed by atoms with E-state index < -0.39 is 8.80 Å². The van der Waals surface area contributed by atoms with Crippen molar-refractivity contribution >= 4 is 8.80 Å². The van der Waals surface area contributed by atoms with Crippen LogP contribution in [0.25, 0.3) is 0 Å². The molecular weight excluding hydrogens is 269 g/mol. The van der Waals surface area contributed by atoms with Gasteiger partial charge in [0.05, 0.1) is 0 Å². The van der Waals surface area contributed by atoms with Gasteiger partial charge in [-0.2, -0.15) is 0 Å². The van der Waals surface area contributed by atoms with Gasteiger partial charge < -0.3 is 28.6 Å². The first-order valence-corrected chi connectivity index (χ1v) is 6.74. The molecule has 0 saturated carbocycles. The Kier molecular flexibility index (Phi) is 31.6.